The van der Waals surface area contributed by atoms with Gasteiger partial charge in [-0.15, -0.1) is 0 Å². The van der Waals surface area contributed by atoms with Crippen molar-refractivity contribution in [3.8, 4) is 0 Å². The number of allylic oxidation sites excluding steroid dienone is 1. The quantitative estimate of drug-likeness (QED) is 0.182. The van der Waals surface area contributed by atoms with Gasteiger partial charge in [-0.3, -0.25) is 24.0 Å². The molecule has 1 aromatic rings. The van der Waals surface area contributed by atoms with Crippen LogP contribution < -0.4 is 5.32 Å². The van der Waals surface area contributed by atoms with Gasteiger partial charge in [0, 0.05) is 31.2 Å². The highest BCUT2D eigenvalue weighted by atomic mass is 16.8. The summed E-state index contributed by atoms with van der Waals surface area (Å²) in [5, 5.41) is 14.9. The fourth-order valence-electron chi connectivity index (χ4n) is 13.8. The Labute approximate surface area is 389 Å². The Bertz CT molecular complexity index is 2150. The van der Waals surface area contributed by atoms with E-state index in [4.69, 9.17) is 28.5 Å². The summed E-state index contributed by atoms with van der Waals surface area (Å²) >= 11 is 0. The molecule has 10 fully saturated rings. The third-order valence-electron chi connectivity index (χ3n) is 17.4. The second-order valence-corrected chi connectivity index (χ2v) is 23.7. The van der Waals surface area contributed by atoms with E-state index < -0.39 is 77.2 Å². The molecule has 5 aliphatic carbocycles. The molecule has 0 spiro atoms. The summed E-state index contributed by atoms with van der Waals surface area (Å²) in [4.78, 5) is 65.7. The van der Waals surface area contributed by atoms with E-state index in [0.29, 0.717) is 42.7 Å². The van der Waals surface area contributed by atoms with Gasteiger partial charge in [0.1, 0.15) is 41.5 Å². The van der Waals surface area contributed by atoms with Crippen molar-refractivity contribution in [1.82, 2.24) is 15.3 Å². The molecule has 1 unspecified atom stereocenters. The van der Waals surface area contributed by atoms with E-state index in [1.807, 2.05) is 6.07 Å². The van der Waals surface area contributed by atoms with E-state index in [1.54, 1.807) is 30.7 Å². The van der Waals surface area contributed by atoms with Crippen molar-refractivity contribution in [2.75, 3.05) is 13.2 Å². The zero-order valence-corrected chi connectivity index (χ0v) is 39.8. The molecule has 10 aliphatic rings. The molecule has 2 bridgehead atoms. The van der Waals surface area contributed by atoms with E-state index in [2.05, 4.69) is 50.4 Å². The molecular formula is C52H71N3O11. The van der Waals surface area contributed by atoms with Gasteiger partial charge in [-0.2, -0.15) is 5.06 Å². The monoisotopic (exact) mass is 914 g/mol. The van der Waals surface area contributed by atoms with Crippen molar-refractivity contribution < 1.29 is 52.8 Å². The first kappa shape index (κ1) is 45.1. The van der Waals surface area contributed by atoms with Gasteiger partial charge in [-0.25, -0.2) is 0 Å². The Kier molecular flexibility index (Phi) is 11.0. The summed E-state index contributed by atoms with van der Waals surface area (Å²) in [6.07, 6.45) is 10.8. The molecule has 360 valence electrons. The number of esters is 2. The number of aliphatic hydroxyl groups excluding tert-OH is 1. The zero-order valence-electron chi connectivity index (χ0n) is 39.8. The fraction of sp³-hybridized carbons (Fsp3) is 0.769. The number of hydrogen-bond donors (Lipinski definition) is 2. The molecule has 2 N–H and O–H groups in total. The van der Waals surface area contributed by atoms with Gasteiger partial charge in [0.05, 0.1) is 30.9 Å². The first-order chi connectivity index (χ1) is 31.4. The van der Waals surface area contributed by atoms with E-state index in [0.717, 1.165) is 56.1 Å². The van der Waals surface area contributed by atoms with Crippen LogP contribution in [0.15, 0.2) is 29.8 Å². The summed E-state index contributed by atoms with van der Waals surface area (Å²) < 4.78 is 32.2. The topological polar surface area (TPSA) is 166 Å². The number of hydroxylamine groups is 2. The average Bonchev–Trinajstić information content (AvgIpc) is 4.23. The molecule has 0 aromatic heterocycles. The van der Waals surface area contributed by atoms with Gasteiger partial charge in [-0.05, 0) is 133 Å². The number of aliphatic hydroxyl groups is 1. The van der Waals surface area contributed by atoms with E-state index in [9.17, 15) is 19.5 Å². The third-order valence-corrected chi connectivity index (χ3v) is 17.4. The number of benzene rings is 1. The van der Waals surface area contributed by atoms with E-state index in [1.165, 1.54) is 18.4 Å². The number of rotatable bonds is 12. The lowest BCUT2D eigenvalue weighted by molar-refractivity contribution is -0.235. The van der Waals surface area contributed by atoms with Gasteiger partial charge in [0.25, 0.3) is 0 Å². The van der Waals surface area contributed by atoms with Gasteiger partial charge in [0.2, 0.25) is 11.8 Å². The SMILES string of the molecule is CC(C)(C)OC(=O)CC[C@@H](CO)NC(=O)[C@H]1CCCN1C(=O)[C@@]12C[C@H]3OC(=O)[C@@H]1N(Cc1cccc(C=C4CCC5O[C@]5(C)CC[C@@H]5[C@@H]4CC5(C)C)c1)O[C@@H]2[C@H]1OC(C2CC2)(C2CC2)O[C@H]13. The van der Waals surface area contributed by atoms with Gasteiger partial charge in [0.15, 0.2) is 11.8 Å². The summed E-state index contributed by atoms with van der Waals surface area (Å²) in [5.74, 6) is -0.805. The summed E-state index contributed by atoms with van der Waals surface area (Å²) in [7, 11) is 0. The number of nitrogens with one attached hydrogen (secondary N) is 1. The van der Waals surface area contributed by atoms with Gasteiger partial charge in [-0.1, -0.05) is 49.8 Å². The van der Waals surface area contributed by atoms with Crippen LogP contribution in [0.3, 0.4) is 0 Å². The molecule has 2 amide bonds. The van der Waals surface area contributed by atoms with Crippen molar-refractivity contribution >= 4 is 29.8 Å². The fourth-order valence-corrected chi connectivity index (χ4v) is 13.8. The van der Waals surface area contributed by atoms with Gasteiger partial charge >= 0.3 is 11.9 Å². The number of epoxide rings is 1. The highest BCUT2D eigenvalue weighted by Gasteiger charge is 2.79. The molecule has 14 nitrogen and oxygen atoms in total. The van der Waals surface area contributed by atoms with E-state index in [-0.39, 0.29) is 55.8 Å². The van der Waals surface area contributed by atoms with Crippen molar-refractivity contribution in [2.45, 2.75) is 204 Å². The Hall–Kier alpha value is -3.40. The number of carbonyl (C=O) groups is 4. The maximum absolute atomic E-state index is 15.7. The zero-order chi connectivity index (χ0) is 46.1. The van der Waals surface area contributed by atoms with Crippen LogP contribution in [0.25, 0.3) is 6.08 Å². The smallest absolute Gasteiger partial charge is 0.327 e. The molecule has 14 heteroatoms. The number of amides is 2. The number of hydrogen-bond acceptors (Lipinski definition) is 12. The van der Waals surface area contributed by atoms with Crippen LogP contribution in [-0.4, -0.2) is 118 Å². The largest absolute Gasteiger partial charge is 0.460 e. The first-order valence-electron chi connectivity index (χ1n) is 25.3. The lowest BCUT2D eigenvalue weighted by atomic mass is 9.52. The third kappa shape index (κ3) is 7.76. The summed E-state index contributed by atoms with van der Waals surface area (Å²) in [6, 6.07) is 5.79. The standard InChI is InChI=1S/C52H71N3O11/c1-48(2,3)63-40(57)19-17-34(28-56)53-45(58)37-11-8-22-54(37)47(60)51-26-38-41-42(65-52(64-41,32-13-14-32)33-15-16-33)44(51)66-55(43(51)46(59)61-38)27-30-10-7-9-29(23-30)24-31-12-18-39-50(6,62-39)21-20-36-35(31)25-49(36,4)5/h7,9-10,23-24,32-39,41-44,56H,8,11-22,25-28H2,1-6H3,(H,53,58)/t34-,35+,36+,37+,38+,39?,41-,42-,43-,44+,50+,51-/m0/s1. The van der Waals surface area contributed by atoms with Crippen LogP contribution in [0.2, 0.25) is 0 Å². The summed E-state index contributed by atoms with van der Waals surface area (Å²) in [5.41, 5.74) is 1.78. The Morgan fingerprint density at radius 3 is 2.45 bits per heavy atom. The molecule has 0 radical (unpaired) electrons. The normalized spacial score (nSPS) is 39.6. The Morgan fingerprint density at radius 1 is 0.985 bits per heavy atom. The van der Waals surface area contributed by atoms with Crippen molar-refractivity contribution in [3.05, 3.63) is 41.0 Å². The number of nitrogens with zero attached hydrogens (tertiary/aromatic N) is 2. The van der Waals surface area contributed by atoms with Crippen LogP contribution in [0.4, 0.5) is 0 Å². The average molecular weight is 914 g/mol. The number of likely N-dealkylation sites (tertiary alicyclic amines) is 1. The predicted molar refractivity (Wildman–Crippen MR) is 239 cm³/mol. The van der Waals surface area contributed by atoms with Crippen LogP contribution in [-0.2, 0) is 54.2 Å². The number of carbonyl (C=O) groups excluding carboxylic acids is 4. The molecule has 66 heavy (non-hydrogen) atoms. The minimum Gasteiger partial charge on any atom is -0.460 e. The highest BCUT2D eigenvalue weighted by Crippen LogP contribution is 2.65. The Balaban J connectivity index is 0.878. The summed E-state index contributed by atoms with van der Waals surface area (Å²) in [6.45, 7) is 12.6. The lowest BCUT2D eigenvalue weighted by Gasteiger charge is -2.53. The molecule has 11 rings (SSSR count). The maximum Gasteiger partial charge on any atom is 0.327 e. The van der Waals surface area contributed by atoms with Crippen LogP contribution in [0, 0.1) is 34.5 Å². The van der Waals surface area contributed by atoms with E-state index >= 15 is 4.79 Å². The maximum atomic E-state index is 15.7. The van der Waals surface area contributed by atoms with Crippen molar-refractivity contribution in [3.63, 3.8) is 0 Å². The Morgan fingerprint density at radius 2 is 1.74 bits per heavy atom. The van der Waals surface area contributed by atoms with Crippen LogP contribution in [0.1, 0.15) is 143 Å². The predicted octanol–water partition coefficient (Wildman–Crippen LogP) is 6.15. The molecule has 12 atom stereocenters. The molecular weight excluding hydrogens is 843 g/mol. The van der Waals surface area contributed by atoms with Crippen molar-refractivity contribution in [1.29, 1.82) is 0 Å². The molecule has 5 aliphatic heterocycles. The first-order valence-corrected chi connectivity index (χ1v) is 25.3. The number of ether oxygens (including phenoxy) is 5. The van der Waals surface area contributed by atoms with Crippen LogP contribution >= 0.6 is 0 Å². The molecule has 1 aromatic carbocycles. The second-order valence-electron chi connectivity index (χ2n) is 23.7. The minimum atomic E-state index is -1.41. The highest BCUT2D eigenvalue weighted by molar-refractivity contribution is 5.96. The second kappa shape index (κ2) is 16.1. The molecule has 5 saturated heterocycles. The molecule has 5 saturated carbocycles. The lowest BCUT2D eigenvalue weighted by Crippen LogP contribution is -2.70. The minimum absolute atomic E-state index is 0.0139. The van der Waals surface area contributed by atoms with Crippen molar-refractivity contribution in [2.24, 2.45) is 34.5 Å². The number of fused-ring (bicyclic) bond motifs is 6. The van der Waals surface area contributed by atoms with Crippen LogP contribution in [0.5, 0.6) is 0 Å². The van der Waals surface area contributed by atoms with Gasteiger partial charge < -0.3 is 39.0 Å². The molecule has 5 heterocycles.